The number of alkyl halides is 2. The Morgan fingerprint density at radius 1 is 1.18 bits per heavy atom. The highest BCUT2D eigenvalue weighted by Crippen LogP contribution is 2.28. The molecule has 1 aromatic rings. The van der Waals surface area contributed by atoms with E-state index in [1.165, 1.54) is 4.90 Å². The Balaban J connectivity index is 2.13. The van der Waals surface area contributed by atoms with Crippen LogP contribution in [0.2, 0.25) is 0 Å². The summed E-state index contributed by atoms with van der Waals surface area (Å²) in [5.41, 5.74) is 2.10. The van der Waals surface area contributed by atoms with Gasteiger partial charge in [-0.3, -0.25) is 0 Å². The van der Waals surface area contributed by atoms with Crippen molar-refractivity contribution in [3.63, 3.8) is 0 Å². The molecule has 2 rings (SSSR count). The third-order valence-electron chi connectivity index (χ3n) is 3.21. The smallest absolute Gasteiger partial charge is 0.256 e. The van der Waals surface area contributed by atoms with Crippen LogP contribution in [-0.4, -0.2) is 38.2 Å². The number of methoxy groups -OCH3 is 1. The fourth-order valence-corrected chi connectivity index (χ4v) is 2.16. The fourth-order valence-electron chi connectivity index (χ4n) is 2.16. The van der Waals surface area contributed by atoms with Gasteiger partial charge in [0.2, 0.25) is 0 Å². The molecule has 1 aromatic carbocycles. The summed E-state index contributed by atoms with van der Waals surface area (Å²) < 4.78 is 35.9. The number of ether oxygens (including phenoxy) is 2. The second-order valence-corrected chi connectivity index (χ2v) is 4.77. The van der Waals surface area contributed by atoms with E-state index in [4.69, 9.17) is 9.47 Å². The molecule has 5 heteroatoms. The van der Waals surface area contributed by atoms with Crippen LogP contribution in [0.15, 0.2) is 54.8 Å². The van der Waals surface area contributed by atoms with Gasteiger partial charge < -0.3 is 14.4 Å². The quantitative estimate of drug-likeness (QED) is 0.717. The Kier molecular flexibility index (Phi) is 5.72. The maximum atomic E-state index is 12.8. The van der Waals surface area contributed by atoms with Gasteiger partial charge in [0.05, 0.1) is 13.2 Å². The lowest BCUT2D eigenvalue weighted by Crippen LogP contribution is -2.27. The maximum Gasteiger partial charge on any atom is 0.256 e. The zero-order valence-electron chi connectivity index (χ0n) is 12.5. The van der Waals surface area contributed by atoms with Crippen molar-refractivity contribution in [2.45, 2.75) is 6.43 Å². The monoisotopic (exact) mass is 307 g/mol. The van der Waals surface area contributed by atoms with Crippen molar-refractivity contribution in [1.29, 1.82) is 0 Å². The van der Waals surface area contributed by atoms with Crippen molar-refractivity contribution >= 4 is 5.70 Å². The number of rotatable bonds is 7. The Hall–Kier alpha value is -2.14. The molecular weight excluding hydrogens is 288 g/mol. The predicted molar refractivity (Wildman–Crippen MR) is 82.8 cm³/mol. The molecule has 3 nitrogen and oxygen atoms in total. The SMILES string of the molecule is C=C1C=CC=C(c2ccc(OCCOC)cc2)N1CC(F)F. The first-order chi connectivity index (χ1) is 10.6. The van der Waals surface area contributed by atoms with E-state index in [9.17, 15) is 8.78 Å². The number of hydrogen-bond acceptors (Lipinski definition) is 3. The van der Waals surface area contributed by atoms with Gasteiger partial charge in [-0.05, 0) is 42.0 Å². The molecule has 0 radical (unpaired) electrons. The van der Waals surface area contributed by atoms with E-state index in [0.29, 0.717) is 30.4 Å². The predicted octanol–water partition coefficient (Wildman–Crippen LogP) is 3.70. The number of hydrogen-bond donors (Lipinski definition) is 0. The van der Waals surface area contributed by atoms with Crippen molar-refractivity contribution in [3.8, 4) is 5.75 Å². The van der Waals surface area contributed by atoms with Crippen LogP contribution in [0.1, 0.15) is 5.56 Å². The van der Waals surface area contributed by atoms with Gasteiger partial charge in [0.15, 0.2) is 0 Å². The van der Waals surface area contributed by atoms with Crippen molar-refractivity contribution < 1.29 is 18.3 Å². The molecule has 0 N–H and O–H groups in total. The van der Waals surface area contributed by atoms with Gasteiger partial charge >= 0.3 is 0 Å². The Bertz CT molecular complexity index is 565. The Morgan fingerprint density at radius 2 is 1.91 bits per heavy atom. The topological polar surface area (TPSA) is 21.7 Å². The molecule has 1 aliphatic heterocycles. The average molecular weight is 307 g/mol. The van der Waals surface area contributed by atoms with Gasteiger partial charge in [-0.15, -0.1) is 0 Å². The summed E-state index contributed by atoms with van der Waals surface area (Å²) in [6.07, 6.45) is 2.90. The second kappa shape index (κ2) is 7.75. The first kappa shape index (κ1) is 16.2. The van der Waals surface area contributed by atoms with E-state index in [0.717, 1.165) is 5.56 Å². The first-order valence-electron chi connectivity index (χ1n) is 6.97. The molecule has 0 atom stereocenters. The number of nitrogens with zero attached hydrogens (tertiary/aromatic N) is 1. The molecule has 1 heterocycles. The molecule has 0 fully saturated rings. The molecule has 22 heavy (non-hydrogen) atoms. The Morgan fingerprint density at radius 3 is 2.55 bits per heavy atom. The van der Waals surface area contributed by atoms with Crippen LogP contribution in [0.25, 0.3) is 5.70 Å². The minimum atomic E-state index is -2.43. The minimum absolute atomic E-state index is 0.374. The lowest BCUT2D eigenvalue weighted by molar-refractivity contribution is 0.123. The summed E-state index contributed by atoms with van der Waals surface area (Å²) in [4.78, 5) is 1.52. The van der Waals surface area contributed by atoms with E-state index in [-0.39, 0.29) is 6.54 Å². The van der Waals surface area contributed by atoms with Gasteiger partial charge in [-0.2, -0.15) is 0 Å². The maximum absolute atomic E-state index is 12.8. The average Bonchev–Trinajstić information content (AvgIpc) is 2.50. The van der Waals surface area contributed by atoms with Crippen molar-refractivity contribution in [3.05, 3.63) is 60.3 Å². The largest absolute Gasteiger partial charge is 0.491 e. The minimum Gasteiger partial charge on any atom is -0.491 e. The van der Waals surface area contributed by atoms with Gasteiger partial charge in [0.25, 0.3) is 6.43 Å². The molecule has 0 aromatic heterocycles. The van der Waals surface area contributed by atoms with E-state index in [1.807, 2.05) is 30.3 Å². The highest BCUT2D eigenvalue weighted by Gasteiger charge is 2.19. The van der Waals surface area contributed by atoms with E-state index < -0.39 is 6.43 Å². The normalized spacial score (nSPS) is 14.5. The number of allylic oxidation sites excluding steroid dienone is 3. The second-order valence-electron chi connectivity index (χ2n) is 4.77. The lowest BCUT2D eigenvalue weighted by atomic mass is 10.1. The molecule has 0 amide bonds. The van der Waals surface area contributed by atoms with E-state index in [2.05, 4.69) is 6.58 Å². The fraction of sp³-hybridized carbons (Fsp3) is 0.294. The molecule has 1 aliphatic rings. The third-order valence-corrected chi connectivity index (χ3v) is 3.21. The van der Waals surface area contributed by atoms with Crippen LogP contribution in [0.3, 0.4) is 0 Å². The van der Waals surface area contributed by atoms with Crippen LogP contribution in [0.5, 0.6) is 5.75 Å². The molecule has 0 saturated carbocycles. The summed E-state index contributed by atoms with van der Waals surface area (Å²) in [6.45, 7) is 4.43. The van der Waals surface area contributed by atoms with E-state index in [1.54, 1.807) is 19.3 Å². The standard InChI is InChI=1S/C17H19F2NO2/c1-13-4-3-5-16(20(13)12-17(18)19)14-6-8-15(9-7-14)22-11-10-21-2/h3-9,17H,1,10-12H2,2H3. The number of halogens is 2. The molecule has 0 bridgehead atoms. The highest BCUT2D eigenvalue weighted by molar-refractivity contribution is 5.70. The molecule has 0 unspecified atom stereocenters. The first-order valence-corrected chi connectivity index (χ1v) is 6.97. The lowest BCUT2D eigenvalue weighted by Gasteiger charge is -2.29. The third kappa shape index (κ3) is 4.18. The zero-order valence-corrected chi connectivity index (χ0v) is 12.5. The van der Waals surface area contributed by atoms with Gasteiger partial charge in [-0.1, -0.05) is 12.7 Å². The van der Waals surface area contributed by atoms with Crippen LogP contribution >= 0.6 is 0 Å². The summed E-state index contributed by atoms with van der Waals surface area (Å²) in [7, 11) is 1.61. The van der Waals surface area contributed by atoms with Crippen molar-refractivity contribution in [2.75, 3.05) is 26.9 Å². The van der Waals surface area contributed by atoms with E-state index >= 15 is 0 Å². The van der Waals surface area contributed by atoms with Crippen LogP contribution < -0.4 is 4.74 Å². The van der Waals surface area contributed by atoms with Crippen LogP contribution in [-0.2, 0) is 4.74 Å². The van der Waals surface area contributed by atoms with Crippen LogP contribution in [0.4, 0.5) is 8.78 Å². The molecule has 0 saturated heterocycles. The van der Waals surface area contributed by atoms with Gasteiger partial charge in [0.1, 0.15) is 12.4 Å². The molecule has 0 spiro atoms. The Labute approximate surface area is 129 Å². The van der Waals surface area contributed by atoms with Crippen LogP contribution in [0, 0.1) is 0 Å². The molecule has 118 valence electrons. The zero-order chi connectivity index (χ0) is 15.9. The summed E-state index contributed by atoms with van der Waals surface area (Å²) >= 11 is 0. The van der Waals surface area contributed by atoms with Crippen molar-refractivity contribution in [1.82, 2.24) is 4.90 Å². The van der Waals surface area contributed by atoms with Gasteiger partial charge in [0, 0.05) is 18.5 Å². The summed E-state index contributed by atoms with van der Waals surface area (Å²) in [5.74, 6) is 0.715. The highest BCUT2D eigenvalue weighted by atomic mass is 19.3. The summed E-state index contributed by atoms with van der Waals surface area (Å²) in [5, 5.41) is 0. The molecule has 0 aliphatic carbocycles. The van der Waals surface area contributed by atoms with Crippen molar-refractivity contribution in [2.24, 2.45) is 0 Å². The van der Waals surface area contributed by atoms with Gasteiger partial charge in [-0.25, -0.2) is 8.78 Å². The summed E-state index contributed by atoms with van der Waals surface area (Å²) in [6, 6.07) is 7.32. The number of benzene rings is 1. The molecular formula is C17H19F2NO2.